The standard InChI is InChI=1S/C14H17FO2/c1-10-4-3-5-11(8-10)14(12(16)17)7-6-13(2,15)9-14/h3-5,8H,6-7,9H2,1-2H3,(H,16,17). The van der Waals surface area contributed by atoms with Crippen LogP contribution in [0.5, 0.6) is 0 Å². The molecule has 1 aromatic rings. The number of rotatable bonds is 2. The van der Waals surface area contributed by atoms with Crippen LogP contribution in [0.2, 0.25) is 0 Å². The van der Waals surface area contributed by atoms with E-state index in [-0.39, 0.29) is 6.42 Å². The minimum Gasteiger partial charge on any atom is -0.481 e. The Labute approximate surface area is 100 Å². The third-order valence-corrected chi connectivity index (χ3v) is 3.72. The molecule has 0 radical (unpaired) electrons. The van der Waals surface area contributed by atoms with Gasteiger partial charge in [-0.1, -0.05) is 29.8 Å². The Morgan fingerprint density at radius 1 is 1.41 bits per heavy atom. The number of carboxylic acids is 1. The van der Waals surface area contributed by atoms with Gasteiger partial charge in [0.25, 0.3) is 0 Å². The van der Waals surface area contributed by atoms with E-state index < -0.39 is 17.1 Å². The molecule has 0 spiro atoms. The van der Waals surface area contributed by atoms with Crippen molar-refractivity contribution in [1.82, 2.24) is 0 Å². The SMILES string of the molecule is Cc1cccc(C2(C(=O)O)CCC(C)(F)C2)c1. The van der Waals surface area contributed by atoms with E-state index in [4.69, 9.17) is 0 Å². The van der Waals surface area contributed by atoms with E-state index in [0.29, 0.717) is 12.8 Å². The predicted octanol–water partition coefficient (Wildman–Crippen LogP) is 3.23. The molecule has 1 saturated carbocycles. The number of carboxylic acid groups (broad SMARTS) is 1. The van der Waals surface area contributed by atoms with E-state index in [1.165, 1.54) is 6.92 Å². The summed E-state index contributed by atoms with van der Waals surface area (Å²) in [5, 5.41) is 9.47. The van der Waals surface area contributed by atoms with Gasteiger partial charge in [0.1, 0.15) is 5.67 Å². The van der Waals surface area contributed by atoms with Crippen LogP contribution in [0, 0.1) is 6.92 Å². The van der Waals surface area contributed by atoms with Crippen molar-refractivity contribution in [2.75, 3.05) is 0 Å². The Morgan fingerprint density at radius 3 is 2.59 bits per heavy atom. The summed E-state index contributed by atoms with van der Waals surface area (Å²) in [6.45, 7) is 3.41. The zero-order valence-corrected chi connectivity index (χ0v) is 10.2. The first-order chi connectivity index (χ1) is 7.86. The van der Waals surface area contributed by atoms with Gasteiger partial charge in [-0.25, -0.2) is 4.39 Å². The normalized spacial score (nSPS) is 32.6. The fraction of sp³-hybridized carbons (Fsp3) is 0.500. The molecule has 0 aliphatic heterocycles. The molecular formula is C14H17FO2. The molecular weight excluding hydrogens is 219 g/mol. The minimum atomic E-state index is -1.37. The van der Waals surface area contributed by atoms with Gasteiger partial charge in [0, 0.05) is 6.42 Å². The zero-order valence-electron chi connectivity index (χ0n) is 10.2. The zero-order chi connectivity index (χ0) is 12.7. The van der Waals surface area contributed by atoms with Gasteiger partial charge in [0.05, 0.1) is 5.41 Å². The van der Waals surface area contributed by atoms with Gasteiger partial charge in [-0.2, -0.15) is 0 Å². The third-order valence-electron chi connectivity index (χ3n) is 3.72. The van der Waals surface area contributed by atoms with Gasteiger partial charge < -0.3 is 5.11 Å². The summed E-state index contributed by atoms with van der Waals surface area (Å²) < 4.78 is 14.0. The van der Waals surface area contributed by atoms with Gasteiger partial charge in [-0.3, -0.25) is 4.79 Å². The van der Waals surface area contributed by atoms with Gasteiger partial charge in [-0.05, 0) is 32.3 Å². The largest absolute Gasteiger partial charge is 0.481 e. The fourth-order valence-corrected chi connectivity index (χ4v) is 2.78. The average Bonchev–Trinajstić information content (AvgIpc) is 2.56. The lowest BCUT2D eigenvalue weighted by molar-refractivity contribution is -0.144. The van der Waals surface area contributed by atoms with Crippen molar-refractivity contribution < 1.29 is 14.3 Å². The summed E-state index contributed by atoms with van der Waals surface area (Å²) >= 11 is 0. The number of aliphatic carboxylic acids is 1. The Balaban J connectivity index is 2.47. The number of halogens is 1. The van der Waals surface area contributed by atoms with E-state index in [2.05, 4.69) is 0 Å². The third kappa shape index (κ3) is 2.06. The Kier molecular flexibility index (Phi) is 2.72. The summed E-state index contributed by atoms with van der Waals surface area (Å²) in [5.41, 5.74) is -0.681. The Bertz CT molecular complexity index is 453. The molecule has 17 heavy (non-hydrogen) atoms. The van der Waals surface area contributed by atoms with Gasteiger partial charge >= 0.3 is 5.97 Å². The Hall–Kier alpha value is -1.38. The first-order valence-corrected chi connectivity index (χ1v) is 5.85. The van der Waals surface area contributed by atoms with Crippen LogP contribution < -0.4 is 0 Å². The van der Waals surface area contributed by atoms with Crippen LogP contribution in [0.4, 0.5) is 4.39 Å². The molecule has 1 aliphatic rings. The lowest BCUT2D eigenvalue weighted by Gasteiger charge is -2.26. The average molecular weight is 236 g/mol. The van der Waals surface area contributed by atoms with E-state index in [9.17, 15) is 14.3 Å². The summed E-state index contributed by atoms with van der Waals surface area (Å²) in [6, 6.07) is 7.41. The molecule has 2 atom stereocenters. The molecule has 2 nitrogen and oxygen atoms in total. The molecule has 1 fully saturated rings. The molecule has 1 N–H and O–H groups in total. The number of alkyl halides is 1. The van der Waals surface area contributed by atoms with Crippen LogP contribution in [-0.4, -0.2) is 16.7 Å². The van der Waals surface area contributed by atoms with Crippen LogP contribution in [-0.2, 0) is 10.2 Å². The monoisotopic (exact) mass is 236 g/mol. The maximum absolute atomic E-state index is 14.0. The van der Waals surface area contributed by atoms with E-state index in [1.54, 1.807) is 6.07 Å². The number of benzene rings is 1. The number of hydrogen-bond donors (Lipinski definition) is 1. The molecule has 0 bridgehead atoms. The van der Waals surface area contributed by atoms with Crippen LogP contribution >= 0.6 is 0 Å². The van der Waals surface area contributed by atoms with E-state index in [1.807, 2.05) is 25.1 Å². The summed E-state index contributed by atoms with van der Waals surface area (Å²) in [6.07, 6.45) is 0.755. The highest BCUT2D eigenvalue weighted by molar-refractivity contribution is 5.82. The van der Waals surface area contributed by atoms with Crippen molar-refractivity contribution in [3.8, 4) is 0 Å². The van der Waals surface area contributed by atoms with Gasteiger partial charge in [-0.15, -0.1) is 0 Å². The Morgan fingerprint density at radius 2 is 2.12 bits per heavy atom. The number of aryl methyl sites for hydroxylation is 1. The molecule has 92 valence electrons. The molecule has 0 amide bonds. The van der Waals surface area contributed by atoms with Crippen molar-refractivity contribution in [3.63, 3.8) is 0 Å². The number of hydrogen-bond acceptors (Lipinski definition) is 1. The smallest absolute Gasteiger partial charge is 0.314 e. The first kappa shape index (κ1) is 12.1. The second kappa shape index (κ2) is 3.83. The maximum Gasteiger partial charge on any atom is 0.314 e. The quantitative estimate of drug-likeness (QED) is 0.856. The highest BCUT2D eigenvalue weighted by Crippen LogP contribution is 2.48. The molecule has 1 aliphatic carbocycles. The second-order valence-electron chi connectivity index (χ2n) is 5.35. The summed E-state index contributed by atoms with van der Waals surface area (Å²) in [5.74, 6) is -0.913. The van der Waals surface area contributed by atoms with Gasteiger partial charge in [0.2, 0.25) is 0 Å². The first-order valence-electron chi connectivity index (χ1n) is 5.85. The highest BCUT2D eigenvalue weighted by atomic mass is 19.1. The van der Waals surface area contributed by atoms with Gasteiger partial charge in [0.15, 0.2) is 0 Å². The molecule has 0 heterocycles. The molecule has 2 unspecified atom stereocenters. The maximum atomic E-state index is 14.0. The topological polar surface area (TPSA) is 37.3 Å². The lowest BCUT2D eigenvalue weighted by atomic mass is 9.77. The number of carbonyl (C=O) groups is 1. The van der Waals surface area contributed by atoms with Crippen molar-refractivity contribution >= 4 is 5.97 Å². The second-order valence-corrected chi connectivity index (χ2v) is 5.35. The van der Waals surface area contributed by atoms with Crippen LogP contribution in [0.3, 0.4) is 0 Å². The van der Waals surface area contributed by atoms with Crippen molar-refractivity contribution in [2.45, 2.75) is 44.2 Å². The minimum absolute atomic E-state index is 0.0682. The van der Waals surface area contributed by atoms with E-state index >= 15 is 0 Å². The van der Waals surface area contributed by atoms with Crippen LogP contribution in [0.15, 0.2) is 24.3 Å². The summed E-state index contributed by atoms with van der Waals surface area (Å²) in [7, 11) is 0. The van der Waals surface area contributed by atoms with E-state index in [0.717, 1.165) is 11.1 Å². The molecule has 0 saturated heterocycles. The fourth-order valence-electron chi connectivity index (χ4n) is 2.78. The summed E-state index contributed by atoms with van der Waals surface area (Å²) in [4.78, 5) is 11.6. The molecule has 2 rings (SSSR count). The van der Waals surface area contributed by atoms with Crippen molar-refractivity contribution in [2.24, 2.45) is 0 Å². The predicted molar refractivity (Wildman–Crippen MR) is 63.9 cm³/mol. The molecule has 3 heteroatoms. The molecule has 0 aromatic heterocycles. The van der Waals surface area contributed by atoms with Crippen LogP contribution in [0.25, 0.3) is 0 Å². The lowest BCUT2D eigenvalue weighted by Crippen LogP contribution is -2.34. The van der Waals surface area contributed by atoms with Crippen LogP contribution in [0.1, 0.15) is 37.3 Å². The highest BCUT2D eigenvalue weighted by Gasteiger charge is 2.52. The molecule has 1 aromatic carbocycles. The van der Waals surface area contributed by atoms with Crippen molar-refractivity contribution in [3.05, 3.63) is 35.4 Å². The van der Waals surface area contributed by atoms with Crippen molar-refractivity contribution in [1.29, 1.82) is 0 Å².